The minimum atomic E-state index is -0.476. The molecule has 14 aromatic rings. The van der Waals surface area contributed by atoms with Gasteiger partial charge in [0.05, 0.1) is 66.5 Å². The molecule has 3 fully saturated rings. The molecular weight excluding hydrogens is 1340 g/mol. The minimum Gasteiger partial charge on any atom is -0.405 e. The lowest BCUT2D eigenvalue weighted by atomic mass is 9.49. The van der Waals surface area contributed by atoms with Gasteiger partial charge in [-0.25, -0.2) is 0 Å². The van der Waals surface area contributed by atoms with Crippen LogP contribution in [0.2, 0.25) is 0 Å². The van der Waals surface area contributed by atoms with E-state index in [0.717, 1.165) is 21.1 Å². The van der Waals surface area contributed by atoms with Gasteiger partial charge in [-0.05, 0) is 210 Å². The topological polar surface area (TPSA) is 65.2 Å². The Labute approximate surface area is 620 Å². The molecule has 2 aromatic heterocycles. The van der Waals surface area contributed by atoms with Gasteiger partial charge in [0.2, 0.25) is 0 Å². The Kier molecular flexibility index (Phi) is 16.3. The average Bonchev–Trinajstić information content (AvgIpc) is 1.53. The SMILES string of the molecule is Brc1ccc2c3ccccc3n(-c3ccc4c(c3)-c3ccccc3C4(c3ccccc3)c3ccccc3)c2c1.CC1(C)OB(B2OC(C)(C)C(C)(C)O2)OC1(C)C.CC1(C)OB(c2ccc3c4ccccc4n(-c4ccc5c(c4)-c4ccccc4C5(c4ccccc4)c4ccccc4)c3c2)OC1(C)C. The van der Waals surface area contributed by atoms with E-state index in [9.17, 15) is 0 Å². The highest BCUT2D eigenvalue weighted by Crippen LogP contribution is 2.59. The molecule has 0 N–H and O–H groups in total. The third-order valence-corrected chi connectivity index (χ3v) is 24.5. The van der Waals surface area contributed by atoms with Crippen LogP contribution in [-0.2, 0) is 38.8 Å². The van der Waals surface area contributed by atoms with Crippen molar-refractivity contribution in [1.82, 2.24) is 9.13 Å². The van der Waals surface area contributed by atoms with Gasteiger partial charge < -0.3 is 37.1 Å². The molecule has 0 unspecified atom stereocenters. The quantitative estimate of drug-likeness (QED) is 0.141. The summed E-state index contributed by atoms with van der Waals surface area (Å²) in [5.41, 5.74) is 20.5. The second-order valence-corrected chi connectivity index (χ2v) is 32.4. The number of fused-ring (bicyclic) bond motifs is 12. The molecule has 5 heterocycles. The van der Waals surface area contributed by atoms with E-state index in [1.54, 1.807) is 0 Å². The van der Waals surface area contributed by atoms with Gasteiger partial charge in [0, 0.05) is 37.4 Å². The second-order valence-electron chi connectivity index (χ2n) is 31.5. The summed E-state index contributed by atoms with van der Waals surface area (Å²) in [6.45, 7) is 24.6. The van der Waals surface area contributed by atoms with E-state index in [2.05, 4.69) is 344 Å². The number of para-hydroxylation sites is 2. The molecule has 0 amide bonds. The maximum absolute atomic E-state index is 6.49. The summed E-state index contributed by atoms with van der Waals surface area (Å²) >= 11 is 3.72. The average molecular weight is 1430 g/mol. The summed E-state index contributed by atoms with van der Waals surface area (Å²) in [5.74, 6) is 0. The van der Waals surface area contributed by atoms with Gasteiger partial charge >= 0.3 is 21.1 Å². The van der Waals surface area contributed by atoms with Gasteiger partial charge in [-0.15, -0.1) is 0 Å². The van der Waals surface area contributed by atoms with Gasteiger partial charge in [0.1, 0.15) is 0 Å². The molecule has 12 heteroatoms. The van der Waals surface area contributed by atoms with E-state index in [-0.39, 0.29) is 27.8 Å². The van der Waals surface area contributed by atoms with Gasteiger partial charge in [0.15, 0.2) is 0 Å². The largest absolute Gasteiger partial charge is 0.494 e. The molecule has 5 aliphatic rings. The van der Waals surface area contributed by atoms with Crippen molar-refractivity contribution in [2.24, 2.45) is 0 Å². The van der Waals surface area contributed by atoms with Crippen LogP contribution in [-0.4, -0.2) is 63.9 Å². The van der Waals surface area contributed by atoms with E-state index in [1.165, 1.54) is 111 Å². The van der Waals surface area contributed by atoms with E-state index in [1.807, 2.05) is 55.4 Å². The van der Waals surface area contributed by atoms with E-state index in [0.29, 0.717) is 0 Å². The van der Waals surface area contributed by atoms with Crippen LogP contribution in [0.5, 0.6) is 0 Å². The van der Waals surface area contributed by atoms with E-state index >= 15 is 0 Å². The summed E-state index contributed by atoms with van der Waals surface area (Å²) in [4.78, 5) is 0. The minimum absolute atomic E-state index is 0.360. The third kappa shape index (κ3) is 10.6. The van der Waals surface area contributed by atoms with Crippen molar-refractivity contribution >= 4 is 86.1 Å². The summed E-state index contributed by atoms with van der Waals surface area (Å²) in [6.07, 6.45) is 0. The second kappa shape index (κ2) is 24.9. The number of nitrogens with zero attached hydrogens (tertiary/aromatic N) is 2. The Morgan fingerprint density at radius 2 is 0.567 bits per heavy atom. The van der Waals surface area contributed by atoms with Gasteiger partial charge in [-0.2, -0.15) is 0 Å². The van der Waals surface area contributed by atoms with E-state index in [4.69, 9.17) is 27.9 Å². The number of benzene rings is 12. The Hall–Kier alpha value is -9.33. The number of hydrogen-bond donors (Lipinski definition) is 0. The number of aromatic nitrogens is 2. The van der Waals surface area contributed by atoms with Crippen molar-refractivity contribution in [3.05, 3.63) is 340 Å². The lowest BCUT2D eigenvalue weighted by Crippen LogP contribution is -2.41. The van der Waals surface area contributed by atoms with Gasteiger partial charge in [-0.1, -0.05) is 253 Å². The standard InChI is InChI=1S/C43H36BNO2.C37H24BrN.C12H24B2O4/c1-41(2)42(3,4)47-44(46-41)31-23-25-35-34-20-12-14-22-39(34)45(40(35)27-31)32-24-26-38-36(28-32)33-19-11-13-21-37(33)43(38,29-15-7-5-8-16-29)30-17-9-6-10-18-30;38-27-19-21-31-30-16-8-10-18-35(30)39(36(31)23-27)28-20-22-34-32(24-28)29-15-7-9-17-33(29)37(34,25-11-3-1-4-12-25)26-13-5-2-6-14-26;1-9(2)10(3,4)16-13(15-9)14-17-11(5,6)12(7,8)18-14/h5-28H,1-4H3;1-24H;1-8H3. The molecule has 514 valence electrons. The molecule has 104 heavy (non-hydrogen) atoms. The summed E-state index contributed by atoms with van der Waals surface area (Å²) in [5, 5.41) is 4.97. The summed E-state index contributed by atoms with van der Waals surface area (Å²) < 4.78 is 42.7. The molecular formula is C92H84B3BrN2O6. The van der Waals surface area contributed by atoms with Crippen LogP contribution in [0, 0.1) is 0 Å². The van der Waals surface area contributed by atoms with Crippen molar-refractivity contribution in [2.45, 2.75) is 128 Å². The maximum atomic E-state index is 6.49. The molecule has 8 nitrogen and oxygen atoms in total. The first-order valence-electron chi connectivity index (χ1n) is 36.4. The lowest BCUT2D eigenvalue weighted by Gasteiger charge is -2.33. The molecule has 3 aliphatic heterocycles. The van der Waals surface area contributed by atoms with Crippen LogP contribution < -0.4 is 5.46 Å². The van der Waals surface area contributed by atoms with Crippen molar-refractivity contribution in [3.63, 3.8) is 0 Å². The highest BCUT2D eigenvalue weighted by atomic mass is 79.9. The molecule has 2 aliphatic carbocycles. The molecule has 0 saturated carbocycles. The van der Waals surface area contributed by atoms with Crippen LogP contribution in [0.1, 0.15) is 128 Å². The monoisotopic (exact) mass is 1420 g/mol. The van der Waals surface area contributed by atoms with Crippen LogP contribution >= 0.6 is 15.9 Å². The van der Waals surface area contributed by atoms with Gasteiger partial charge in [-0.3, -0.25) is 0 Å². The first-order chi connectivity index (χ1) is 49.9. The highest BCUT2D eigenvalue weighted by Gasteiger charge is 2.64. The number of halogens is 1. The van der Waals surface area contributed by atoms with Crippen LogP contribution in [0.15, 0.2) is 296 Å². The molecule has 0 atom stereocenters. The van der Waals surface area contributed by atoms with Crippen LogP contribution in [0.3, 0.4) is 0 Å². The highest BCUT2D eigenvalue weighted by molar-refractivity contribution is 9.10. The third-order valence-electron chi connectivity index (χ3n) is 24.0. The first-order valence-corrected chi connectivity index (χ1v) is 37.2. The zero-order chi connectivity index (χ0) is 71.9. The maximum Gasteiger partial charge on any atom is 0.494 e. The molecule has 19 rings (SSSR count). The Morgan fingerprint density at radius 3 is 0.962 bits per heavy atom. The fraction of sp³-hybridized carbons (Fsp3) is 0.217. The Bertz CT molecular complexity index is 5490. The van der Waals surface area contributed by atoms with Crippen molar-refractivity contribution in [3.8, 4) is 33.6 Å². The molecule has 0 radical (unpaired) electrons. The zero-order valence-electron chi connectivity index (χ0n) is 61.2. The fourth-order valence-corrected chi connectivity index (χ4v) is 17.1. The van der Waals surface area contributed by atoms with Gasteiger partial charge in [0.25, 0.3) is 0 Å². The number of rotatable bonds is 8. The Balaban J connectivity index is 0.000000126. The van der Waals surface area contributed by atoms with E-state index < -0.39 is 37.8 Å². The normalized spacial score (nSPS) is 18.4. The smallest absolute Gasteiger partial charge is 0.405 e. The molecule has 0 spiro atoms. The van der Waals surface area contributed by atoms with Crippen LogP contribution in [0.25, 0.3) is 77.2 Å². The zero-order valence-corrected chi connectivity index (χ0v) is 62.8. The summed E-state index contributed by atoms with van der Waals surface area (Å²) in [6, 6.07) is 107. The molecule has 12 aromatic carbocycles. The summed E-state index contributed by atoms with van der Waals surface area (Å²) in [7, 11) is -1.38. The predicted molar refractivity (Wildman–Crippen MR) is 432 cm³/mol. The van der Waals surface area contributed by atoms with Crippen molar-refractivity contribution in [2.75, 3.05) is 0 Å². The lowest BCUT2D eigenvalue weighted by molar-refractivity contribution is 0.00578. The predicted octanol–water partition coefficient (Wildman–Crippen LogP) is 21.6. The molecule has 3 saturated heterocycles. The fourth-order valence-electron chi connectivity index (χ4n) is 16.8. The van der Waals surface area contributed by atoms with Crippen molar-refractivity contribution in [1.29, 1.82) is 0 Å². The molecule has 0 bridgehead atoms. The number of hydrogen-bond acceptors (Lipinski definition) is 6. The van der Waals surface area contributed by atoms with Crippen molar-refractivity contribution < 1.29 is 27.9 Å². The Morgan fingerprint density at radius 1 is 0.260 bits per heavy atom. The first kappa shape index (κ1) is 67.8. The van der Waals surface area contributed by atoms with Crippen LogP contribution in [0.4, 0.5) is 0 Å².